The minimum absolute atomic E-state index is 0.0336. The summed E-state index contributed by atoms with van der Waals surface area (Å²) >= 11 is 0. The van der Waals surface area contributed by atoms with Crippen LogP contribution in [-0.4, -0.2) is 31.7 Å². The normalized spacial score (nSPS) is 13.0. The SMILES string of the molecule is CNC(CCOCC(F)F)c1cncc2ccccc12. The molecular formula is C15H18F2N2O. The molecule has 3 nitrogen and oxygen atoms in total. The first-order chi connectivity index (χ1) is 9.72. The van der Waals surface area contributed by atoms with E-state index >= 15 is 0 Å². The highest BCUT2D eigenvalue weighted by atomic mass is 19.3. The van der Waals surface area contributed by atoms with Crippen LogP contribution < -0.4 is 5.32 Å². The summed E-state index contributed by atoms with van der Waals surface area (Å²) in [6.45, 7) is -0.219. The van der Waals surface area contributed by atoms with Gasteiger partial charge in [0.15, 0.2) is 0 Å². The Morgan fingerprint density at radius 1 is 1.25 bits per heavy atom. The maximum absolute atomic E-state index is 12.0. The summed E-state index contributed by atoms with van der Waals surface area (Å²) < 4.78 is 29.0. The van der Waals surface area contributed by atoms with Crippen molar-refractivity contribution in [2.45, 2.75) is 18.9 Å². The van der Waals surface area contributed by atoms with Crippen molar-refractivity contribution in [1.29, 1.82) is 0 Å². The Kier molecular flexibility index (Phi) is 5.38. The molecule has 5 heteroatoms. The van der Waals surface area contributed by atoms with Crippen molar-refractivity contribution in [2.75, 3.05) is 20.3 Å². The van der Waals surface area contributed by atoms with Crippen LogP contribution in [0.2, 0.25) is 0 Å². The number of hydrogen-bond donors (Lipinski definition) is 1. The molecule has 0 bridgehead atoms. The summed E-state index contributed by atoms with van der Waals surface area (Å²) in [5, 5.41) is 5.38. The van der Waals surface area contributed by atoms with Crippen molar-refractivity contribution >= 4 is 10.8 Å². The Hall–Kier alpha value is -1.59. The third kappa shape index (κ3) is 3.71. The molecule has 0 amide bonds. The van der Waals surface area contributed by atoms with Crippen molar-refractivity contribution in [3.05, 3.63) is 42.2 Å². The van der Waals surface area contributed by atoms with Crippen LogP contribution in [0.1, 0.15) is 18.0 Å². The van der Waals surface area contributed by atoms with Crippen molar-refractivity contribution < 1.29 is 13.5 Å². The van der Waals surface area contributed by atoms with Gasteiger partial charge in [0.1, 0.15) is 6.61 Å². The van der Waals surface area contributed by atoms with E-state index in [9.17, 15) is 8.78 Å². The first kappa shape index (κ1) is 14.8. The Labute approximate surface area is 117 Å². The molecule has 0 saturated heterocycles. The number of halogens is 2. The van der Waals surface area contributed by atoms with Gasteiger partial charge in [-0.3, -0.25) is 4.98 Å². The van der Waals surface area contributed by atoms with Crippen LogP contribution in [0.15, 0.2) is 36.7 Å². The van der Waals surface area contributed by atoms with E-state index in [0.29, 0.717) is 13.0 Å². The summed E-state index contributed by atoms with van der Waals surface area (Å²) in [4.78, 5) is 4.24. The second-order valence-electron chi connectivity index (χ2n) is 4.55. The zero-order chi connectivity index (χ0) is 14.4. The lowest BCUT2D eigenvalue weighted by molar-refractivity contribution is 0.0145. The molecule has 1 atom stereocenters. The number of fused-ring (bicyclic) bond motifs is 1. The fraction of sp³-hybridized carbons (Fsp3) is 0.400. The number of alkyl halides is 2. The van der Waals surface area contributed by atoms with E-state index in [1.165, 1.54) is 0 Å². The molecule has 1 heterocycles. The van der Waals surface area contributed by atoms with Gasteiger partial charge in [0.25, 0.3) is 6.43 Å². The molecular weight excluding hydrogens is 262 g/mol. The van der Waals surface area contributed by atoms with Crippen molar-refractivity contribution in [3.8, 4) is 0 Å². The largest absolute Gasteiger partial charge is 0.375 e. The molecule has 0 aliphatic rings. The summed E-state index contributed by atoms with van der Waals surface area (Å²) in [6, 6.07) is 8.02. The molecule has 0 radical (unpaired) electrons. The maximum atomic E-state index is 12.0. The molecule has 1 aromatic heterocycles. The Morgan fingerprint density at radius 3 is 2.80 bits per heavy atom. The van der Waals surface area contributed by atoms with Gasteiger partial charge in [-0.2, -0.15) is 0 Å². The molecule has 0 spiro atoms. The monoisotopic (exact) mass is 280 g/mol. The molecule has 20 heavy (non-hydrogen) atoms. The average Bonchev–Trinajstić information content (AvgIpc) is 2.47. The summed E-state index contributed by atoms with van der Waals surface area (Å²) in [6.07, 6.45) is 1.84. The van der Waals surface area contributed by atoms with E-state index in [2.05, 4.69) is 10.3 Å². The Balaban J connectivity index is 2.09. The molecule has 1 aromatic carbocycles. The van der Waals surface area contributed by atoms with Gasteiger partial charge >= 0.3 is 0 Å². The molecule has 108 valence electrons. The van der Waals surface area contributed by atoms with E-state index in [1.807, 2.05) is 43.7 Å². The lowest BCUT2D eigenvalue weighted by atomic mass is 10.00. The van der Waals surface area contributed by atoms with Gasteiger partial charge in [-0.25, -0.2) is 8.78 Å². The minimum Gasteiger partial charge on any atom is -0.375 e. The molecule has 2 aromatic rings. The highest BCUT2D eigenvalue weighted by molar-refractivity contribution is 5.85. The number of pyridine rings is 1. The summed E-state index contributed by atoms with van der Waals surface area (Å²) in [5.41, 5.74) is 1.06. The van der Waals surface area contributed by atoms with Gasteiger partial charge < -0.3 is 10.1 Å². The Morgan fingerprint density at radius 2 is 2.05 bits per heavy atom. The minimum atomic E-state index is -2.41. The molecule has 0 saturated carbocycles. The van der Waals surface area contributed by atoms with Gasteiger partial charge in [0.05, 0.1) is 0 Å². The number of aromatic nitrogens is 1. The highest BCUT2D eigenvalue weighted by Crippen LogP contribution is 2.25. The van der Waals surface area contributed by atoms with Crippen LogP contribution in [0.4, 0.5) is 8.78 Å². The van der Waals surface area contributed by atoms with Crippen LogP contribution in [0.25, 0.3) is 10.8 Å². The highest BCUT2D eigenvalue weighted by Gasteiger charge is 2.13. The van der Waals surface area contributed by atoms with E-state index in [-0.39, 0.29) is 6.04 Å². The lowest BCUT2D eigenvalue weighted by Gasteiger charge is -2.18. The number of hydrogen-bond acceptors (Lipinski definition) is 3. The number of nitrogens with zero attached hydrogens (tertiary/aromatic N) is 1. The number of benzene rings is 1. The van der Waals surface area contributed by atoms with Gasteiger partial charge in [0, 0.05) is 30.4 Å². The van der Waals surface area contributed by atoms with Gasteiger partial charge in [-0.15, -0.1) is 0 Å². The van der Waals surface area contributed by atoms with Crippen molar-refractivity contribution in [1.82, 2.24) is 10.3 Å². The fourth-order valence-electron chi connectivity index (χ4n) is 2.25. The van der Waals surface area contributed by atoms with Crippen LogP contribution in [0.5, 0.6) is 0 Å². The van der Waals surface area contributed by atoms with E-state index in [1.54, 1.807) is 0 Å². The van der Waals surface area contributed by atoms with Crippen molar-refractivity contribution in [3.63, 3.8) is 0 Å². The van der Waals surface area contributed by atoms with Crippen molar-refractivity contribution in [2.24, 2.45) is 0 Å². The molecule has 2 rings (SSSR count). The van der Waals surface area contributed by atoms with Crippen LogP contribution in [0, 0.1) is 0 Å². The topological polar surface area (TPSA) is 34.1 Å². The van der Waals surface area contributed by atoms with E-state index < -0.39 is 13.0 Å². The van der Waals surface area contributed by atoms with Crippen LogP contribution >= 0.6 is 0 Å². The zero-order valence-corrected chi connectivity index (χ0v) is 11.4. The first-order valence-electron chi connectivity index (χ1n) is 6.58. The quantitative estimate of drug-likeness (QED) is 0.791. The van der Waals surface area contributed by atoms with Gasteiger partial charge in [-0.05, 0) is 24.4 Å². The second-order valence-corrected chi connectivity index (χ2v) is 4.55. The average molecular weight is 280 g/mol. The summed E-state index contributed by atoms with van der Waals surface area (Å²) in [7, 11) is 1.85. The van der Waals surface area contributed by atoms with Crippen LogP contribution in [0.3, 0.4) is 0 Å². The first-order valence-corrected chi connectivity index (χ1v) is 6.58. The molecule has 0 aliphatic heterocycles. The molecule has 1 unspecified atom stereocenters. The van der Waals surface area contributed by atoms with Crippen LogP contribution in [-0.2, 0) is 4.74 Å². The number of rotatable bonds is 7. The fourth-order valence-corrected chi connectivity index (χ4v) is 2.25. The standard InChI is InChI=1S/C15H18F2N2O/c1-18-14(6-7-20-10-15(16)17)13-9-19-8-11-4-2-3-5-12(11)13/h2-5,8-9,14-15,18H,6-7,10H2,1H3. The predicted octanol–water partition coefficient (Wildman–Crippen LogP) is 3.17. The van der Waals surface area contributed by atoms with E-state index in [0.717, 1.165) is 16.3 Å². The zero-order valence-electron chi connectivity index (χ0n) is 11.4. The predicted molar refractivity (Wildman–Crippen MR) is 75.0 cm³/mol. The third-order valence-electron chi connectivity index (χ3n) is 3.22. The molecule has 0 fully saturated rings. The van der Waals surface area contributed by atoms with Gasteiger partial charge in [-0.1, -0.05) is 24.3 Å². The second kappa shape index (κ2) is 7.26. The number of ether oxygens (including phenoxy) is 1. The summed E-state index contributed by atoms with van der Waals surface area (Å²) in [5.74, 6) is 0. The maximum Gasteiger partial charge on any atom is 0.261 e. The number of nitrogens with one attached hydrogen (secondary N) is 1. The Bertz CT molecular complexity index is 543. The third-order valence-corrected chi connectivity index (χ3v) is 3.22. The lowest BCUT2D eigenvalue weighted by Crippen LogP contribution is -2.19. The smallest absolute Gasteiger partial charge is 0.261 e. The molecule has 1 N–H and O–H groups in total. The van der Waals surface area contributed by atoms with E-state index in [4.69, 9.17) is 4.74 Å². The molecule has 0 aliphatic carbocycles. The van der Waals surface area contributed by atoms with Gasteiger partial charge in [0.2, 0.25) is 0 Å².